The van der Waals surface area contributed by atoms with Crippen LogP contribution < -0.4 is 0 Å². The molecular formula is C25H23Cl3N2O3S2. The Morgan fingerprint density at radius 1 is 1.00 bits per heavy atom. The first-order valence-electron chi connectivity index (χ1n) is 11.3. The second kappa shape index (κ2) is 10.0. The summed E-state index contributed by atoms with van der Waals surface area (Å²) >= 11 is 20.3. The molecule has 2 aromatic carbocycles. The van der Waals surface area contributed by atoms with Gasteiger partial charge in [0.1, 0.15) is 0 Å². The van der Waals surface area contributed by atoms with Gasteiger partial charge in [0.2, 0.25) is 15.9 Å². The molecule has 0 spiro atoms. The van der Waals surface area contributed by atoms with Gasteiger partial charge >= 0.3 is 0 Å². The summed E-state index contributed by atoms with van der Waals surface area (Å²) in [6, 6.07) is 13.0. The highest BCUT2D eigenvalue weighted by Gasteiger charge is 2.38. The number of sulfonamides is 1. The standard InChI is InChI=1S/C25H23Cl3N2O3S2/c26-17-3-6-19(7-4-17)35(32,33)29(14-16-1-2-16)15-24(31)30-11-9-23-21(10-12-34-23)25(30)20-8-5-18(27)13-22(20)28/h3-8,10,12-13,16,25H,1-2,9,11,14-15H2. The fraction of sp³-hybridized carbons (Fsp3) is 0.320. The lowest BCUT2D eigenvalue weighted by molar-refractivity contribution is -0.133. The van der Waals surface area contributed by atoms with Crippen molar-refractivity contribution in [2.75, 3.05) is 19.6 Å². The molecule has 2 heterocycles. The highest BCUT2D eigenvalue weighted by Crippen LogP contribution is 2.41. The average Bonchev–Trinajstić information content (AvgIpc) is 3.51. The molecule has 3 aromatic rings. The van der Waals surface area contributed by atoms with Crippen LogP contribution >= 0.6 is 46.1 Å². The third kappa shape index (κ3) is 5.26. The summed E-state index contributed by atoms with van der Waals surface area (Å²) in [4.78, 5) is 16.9. The van der Waals surface area contributed by atoms with E-state index in [1.807, 2.05) is 17.5 Å². The Labute approximate surface area is 224 Å². The molecule has 1 amide bonds. The maximum absolute atomic E-state index is 13.8. The average molecular weight is 570 g/mol. The van der Waals surface area contributed by atoms with Crippen molar-refractivity contribution in [3.05, 3.63) is 85.0 Å². The molecule has 1 aliphatic heterocycles. The molecule has 1 atom stereocenters. The first-order valence-corrected chi connectivity index (χ1v) is 14.8. The Bertz CT molecular complexity index is 1350. The molecule has 2 aliphatic rings. The Hall–Kier alpha value is -1.61. The van der Waals surface area contributed by atoms with Crippen molar-refractivity contribution in [2.24, 2.45) is 5.92 Å². The van der Waals surface area contributed by atoms with Crippen LogP contribution in [0, 0.1) is 5.92 Å². The number of rotatable bonds is 7. The number of hydrogen-bond acceptors (Lipinski definition) is 4. The summed E-state index contributed by atoms with van der Waals surface area (Å²) in [6.07, 6.45) is 2.64. The fourth-order valence-electron chi connectivity index (χ4n) is 4.48. The summed E-state index contributed by atoms with van der Waals surface area (Å²) < 4.78 is 28.3. The van der Waals surface area contributed by atoms with Crippen LogP contribution in [0.4, 0.5) is 0 Å². The lowest BCUT2D eigenvalue weighted by Gasteiger charge is -2.38. The van der Waals surface area contributed by atoms with Gasteiger partial charge < -0.3 is 4.90 Å². The first kappa shape index (κ1) is 25.1. The lowest BCUT2D eigenvalue weighted by atomic mass is 9.93. The number of fused-ring (bicyclic) bond motifs is 1. The van der Waals surface area contributed by atoms with E-state index in [9.17, 15) is 13.2 Å². The molecule has 1 aliphatic carbocycles. The monoisotopic (exact) mass is 568 g/mol. The first-order chi connectivity index (χ1) is 16.7. The largest absolute Gasteiger partial charge is 0.330 e. The van der Waals surface area contributed by atoms with E-state index in [1.165, 1.54) is 21.3 Å². The van der Waals surface area contributed by atoms with Crippen molar-refractivity contribution in [3.63, 3.8) is 0 Å². The van der Waals surface area contributed by atoms with Crippen LogP contribution in [-0.2, 0) is 21.2 Å². The SMILES string of the molecule is O=C(CN(CC1CC1)S(=O)(=O)c1ccc(Cl)cc1)N1CCc2sccc2C1c1ccc(Cl)cc1Cl. The number of halogens is 3. The van der Waals surface area contributed by atoms with Crippen molar-refractivity contribution in [2.45, 2.75) is 30.2 Å². The third-order valence-electron chi connectivity index (χ3n) is 6.47. The summed E-state index contributed by atoms with van der Waals surface area (Å²) in [7, 11) is -3.87. The van der Waals surface area contributed by atoms with E-state index in [2.05, 4.69) is 0 Å². The Balaban J connectivity index is 1.47. The van der Waals surface area contributed by atoms with Crippen molar-refractivity contribution in [1.82, 2.24) is 9.21 Å². The van der Waals surface area contributed by atoms with Gasteiger partial charge in [0.15, 0.2) is 0 Å². The Kier molecular flexibility index (Phi) is 7.19. The predicted molar refractivity (Wildman–Crippen MR) is 141 cm³/mol. The molecule has 1 aromatic heterocycles. The molecule has 0 N–H and O–H groups in total. The van der Waals surface area contributed by atoms with Crippen LogP contribution in [0.5, 0.6) is 0 Å². The molecule has 1 saturated carbocycles. The van der Waals surface area contributed by atoms with E-state index < -0.39 is 16.1 Å². The van der Waals surface area contributed by atoms with Crippen molar-refractivity contribution in [1.29, 1.82) is 0 Å². The molecule has 0 saturated heterocycles. The normalized spacial score (nSPS) is 18.1. The lowest BCUT2D eigenvalue weighted by Crippen LogP contribution is -2.47. The van der Waals surface area contributed by atoms with Crippen molar-refractivity contribution < 1.29 is 13.2 Å². The zero-order valence-electron chi connectivity index (χ0n) is 18.7. The second-order valence-electron chi connectivity index (χ2n) is 8.90. The van der Waals surface area contributed by atoms with Crippen LogP contribution in [-0.4, -0.2) is 43.2 Å². The van der Waals surface area contributed by atoms with E-state index in [-0.39, 0.29) is 23.3 Å². The number of carbonyl (C=O) groups excluding carboxylic acids is 1. The number of carbonyl (C=O) groups is 1. The highest BCUT2D eigenvalue weighted by atomic mass is 35.5. The van der Waals surface area contributed by atoms with Crippen LogP contribution in [0.3, 0.4) is 0 Å². The van der Waals surface area contributed by atoms with Gasteiger partial charge in [-0.25, -0.2) is 8.42 Å². The van der Waals surface area contributed by atoms with Crippen LogP contribution in [0.2, 0.25) is 15.1 Å². The molecule has 5 rings (SSSR count). The van der Waals surface area contributed by atoms with E-state index >= 15 is 0 Å². The molecule has 0 bridgehead atoms. The van der Waals surface area contributed by atoms with E-state index in [0.29, 0.717) is 34.6 Å². The predicted octanol–water partition coefficient (Wildman–Crippen LogP) is 6.28. The molecule has 35 heavy (non-hydrogen) atoms. The number of nitrogens with zero attached hydrogens (tertiary/aromatic N) is 2. The fourth-order valence-corrected chi connectivity index (χ4v) is 7.48. The maximum Gasteiger partial charge on any atom is 0.243 e. The third-order valence-corrected chi connectivity index (χ3v) is 10.1. The van der Waals surface area contributed by atoms with Gasteiger partial charge in [-0.05, 0) is 84.2 Å². The minimum absolute atomic E-state index is 0.131. The molecule has 1 unspecified atom stereocenters. The molecule has 10 heteroatoms. The zero-order valence-corrected chi connectivity index (χ0v) is 22.6. The molecular weight excluding hydrogens is 547 g/mol. The van der Waals surface area contributed by atoms with E-state index in [1.54, 1.807) is 40.5 Å². The Morgan fingerprint density at radius 3 is 2.40 bits per heavy atom. The summed E-state index contributed by atoms with van der Waals surface area (Å²) in [6.45, 7) is 0.567. The second-order valence-corrected chi connectivity index (χ2v) is 13.1. The summed E-state index contributed by atoms with van der Waals surface area (Å²) in [5, 5.41) is 3.46. The van der Waals surface area contributed by atoms with E-state index in [4.69, 9.17) is 34.8 Å². The van der Waals surface area contributed by atoms with Gasteiger partial charge in [0.05, 0.1) is 17.5 Å². The van der Waals surface area contributed by atoms with Gasteiger partial charge in [0, 0.05) is 33.0 Å². The summed E-state index contributed by atoms with van der Waals surface area (Å²) in [5.41, 5.74) is 1.80. The topological polar surface area (TPSA) is 57.7 Å². The van der Waals surface area contributed by atoms with Crippen LogP contribution in [0.1, 0.15) is 34.9 Å². The molecule has 0 radical (unpaired) electrons. The maximum atomic E-state index is 13.8. The highest BCUT2D eigenvalue weighted by molar-refractivity contribution is 7.89. The number of thiophene rings is 1. The van der Waals surface area contributed by atoms with Gasteiger partial charge in [-0.3, -0.25) is 4.79 Å². The van der Waals surface area contributed by atoms with Gasteiger partial charge in [-0.1, -0.05) is 40.9 Å². The number of benzene rings is 2. The van der Waals surface area contributed by atoms with Crippen LogP contribution in [0.15, 0.2) is 58.8 Å². The minimum Gasteiger partial charge on any atom is -0.330 e. The smallest absolute Gasteiger partial charge is 0.243 e. The van der Waals surface area contributed by atoms with E-state index in [0.717, 1.165) is 24.0 Å². The quantitative estimate of drug-likeness (QED) is 0.336. The number of hydrogen-bond donors (Lipinski definition) is 0. The van der Waals surface area contributed by atoms with Crippen molar-refractivity contribution >= 4 is 62.1 Å². The van der Waals surface area contributed by atoms with Gasteiger partial charge in [0.25, 0.3) is 0 Å². The van der Waals surface area contributed by atoms with Crippen molar-refractivity contribution in [3.8, 4) is 0 Å². The molecule has 184 valence electrons. The zero-order chi connectivity index (χ0) is 24.7. The molecule has 1 fully saturated rings. The Morgan fingerprint density at radius 2 is 1.71 bits per heavy atom. The molecule has 5 nitrogen and oxygen atoms in total. The van der Waals surface area contributed by atoms with Gasteiger partial charge in [-0.2, -0.15) is 4.31 Å². The van der Waals surface area contributed by atoms with Gasteiger partial charge in [-0.15, -0.1) is 11.3 Å². The summed E-state index contributed by atoms with van der Waals surface area (Å²) in [5.74, 6) is 0.0206. The minimum atomic E-state index is -3.87. The number of amides is 1. The van der Waals surface area contributed by atoms with Crippen LogP contribution in [0.25, 0.3) is 0 Å².